The van der Waals surface area contributed by atoms with E-state index in [9.17, 15) is 4.79 Å². The number of carbonyl (C=O) groups is 1. The summed E-state index contributed by atoms with van der Waals surface area (Å²) in [6, 6.07) is 0. The molecule has 2 N–H and O–H groups in total. The lowest BCUT2D eigenvalue weighted by molar-refractivity contribution is -0.135. The highest BCUT2D eigenvalue weighted by Crippen LogP contribution is 2.41. The molecule has 0 aromatic carbocycles. The third kappa shape index (κ3) is 2.28. The molecule has 0 spiro atoms. The van der Waals surface area contributed by atoms with E-state index in [1.807, 2.05) is 6.92 Å². The van der Waals surface area contributed by atoms with Crippen LogP contribution in [0.5, 0.6) is 5.88 Å². The van der Waals surface area contributed by atoms with Crippen molar-refractivity contribution in [1.29, 1.82) is 0 Å². The summed E-state index contributed by atoms with van der Waals surface area (Å²) < 4.78 is 5.84. The molecule has 8 heteroatoms. The van der Waals surface area contributed by atoms with Gasteiger partial charge >= 0.3 is 0 Å². The minimum absolute atomic E-state index is 0.106. The van der Waals surface area contributed by atoms with Gasteiger partial charge in [0.25, 0.3) is 0 Å². The number of rotatable bonds is 2. The number of hydrogen-bond acceptors (Lipinski definition) is 4. The number of halogens is 2. The Morgan fingerprint density at radius 3 is 3.00 bits per heavy atom. The standard InChI is InChI=1S/C14H15BrClN3O3/c1-6-3-19(8(21)5-20)4-7-11(6)17-13-10(16)9(15)14(22-2)18-12(7)13/h6,17,20H,3-5H2,1-2H3. The first-order valence-corrected chi connectivity index (χ1v) is 7.97. The molecule has 22 heavy (non-hydrogen) atoms. The summed E-state index contributed by atoms with van der Waals surface area (Å²) in [6.45, 7) is 2.47. The molecular formula is C14H15BrClN3O3. The minimum Gasteiger partial charge on any atom is -0.480 e. The van der Waals surface area contributed by atoms with Crippen molar-refractivity contribution in [3.8, 4) is 5.88 Å². The molecule has 2 aromatic heterocycles. The molecule has 0 saturated carbocycles. The topological polar surface area (TPSA) is 78.5 Å². The third-order valence-electron chi connectivity index (χ3n) is 3.94. The van der Waals surface area contributed by atoms with Crippen LogP contribution in [0, 0.1) is 0 Å². The molecule has 2 aromatic rings. The zero-order chi connectivity index (χ0) is 16.0. The fourth-order valence-corrected chi connectivity index (χ4v) is 3.53. The maximum absolute atomic E-state index is 11.8. The van der Waals surface area contributed by atoms with Crippen LogP contribution in [0.2, 0.25) is 5.02 Å². The van der Waals surface area contributed by atoms with Gasteiger partial charge in [0.1, 0.15) is 11.1 Å². The summed E-state index contributed by atoms with van der Waals surface area (Å²) in [5.41, 5.74) is 3.36. The van der Waals surface area contributed by atoms with Gasteiger partial charge < -0.3 is 19.7 Å². The number of nitrogens with zero attached hydrogens (tertiary/aromatic N) is 2. The zero-order valence-corrected chi connectivity index (χ0v) is 14.5. The Kier molecular flexibility index (Phi) is 4.05. The van der Waals surface area contributed by atoms with Crippen LogP contribution in [0.15, 0.2) is 4.47 Å². The number of pyridine rings is 1. The van der Waals surface area contributed by atoms with Crippen LogP contribution in [0.25, 0.3) is 11.0 Å². The number of methoxy groups -OCH3 is 1. The molecular weight excluding hydrogens is 374 g/mol. The number of fused-ring (bicyclic) bond motifs is 3. The van der Waals surface area contributed by atoms with Crippen LogP contribution < -0.4 is 4.74 Å². The second-order valence-corrected chi connectivity index (χ2v) is 6.49. The minimum atomic E-state index is -0.493. The van der Waals surface area contributed by atoms with E-state index >= 15 is 0 Å². The normalized spacial score (nSPS) is 17.7. The van der Waals surface area contributed by atoms with E-state index < -0.39 is 6.61 Å². The Morgan fingerprint density at radius 2 is 2.36 bits per heavy atom. The van der Waals surface area contributed by atoms with Gasteiger partial charge in [-0.05, 0) is 15.9 Å². The quantitative estimate of drug-likeness (QED) is 0.828. The summed E-state index contributed by atoms with van der Waals surface area (Å²) in [7, 11) is 1.53. The lowest BCUT2D eigenvalue weighted by Crippen LogP contribution is -2.38. The number of carbonyl (C=O) groups excluding carboxylic acids is 1. The molecule has 0 bridgehead atoms. The van der Waals surface area contributed by atoms with E-state index in [0.717, 1.165) is 16.8 Å². The number of H-pyrrole nitrogens is 1. The fraction of sp³-hybridized carbons (Fsp3) is 0.429. The predicted molar refractivity (Wildman–Crippen MR) is 86.3 cm³/mol. The Balaban J connectivity index is 2.19. The SMILES string of the molecule is COc1nc2c3c([nH]c2c(Cl)c1Br)C(C)CN(C(=O)CO)C3. The molecule has 0 saturated heterocycles. The zero-order valence-electron chi connectivity index (χ0n) is 12.1. The highest BCUT2D eigenvalue weighted by molar-refractivity contribution is 9.10. The Bertz CT molecular complexity index is 762. The largest absolute Gasteiger partial charge is 0.480 e. The molecule has 0 radical (unpaired) electrons. The Morgan fingerprint density at radius 1 is 1.64 bits per heavy atom. The van der Waals surface area contributed by atoms with E-state index in [2.05, 4.69) is 25.9 Å². The molecule has 1 atom stereocenters. The van der Waals surface area contributed by atoms with Crippen LogP contribution in [0.4, 0.5) is 0 Å². The number of aromatic amines is 1. The summed E-state index contributed by atoms with van der Waals surface area (Å²) in [5.74, 6) is 0.217. The number of aromatic nitrogens is 2. The molecule has 118 valence electrons. The number of aliphatic hydroxyl groups is 1. The number of nitrogens with one attached hydrogen (secondary N) is 1. The number of aliphatic hydroxyl groups excluding tert-OH is 1. The van der Waals surface area contributed by atoms with Crippen LogP contribution in [-0.4, -0.2) is 46.1 Å². The molecule has 1 aliphatic rings. The molecule has 0 aliphatic carbocycles. The van der Waals surface area contributed by atoms with Crippen molar-refractivity contribution in [3.05, 3.63) is 20.8 Å². The first kappa shape index (κ1) is 15.6. The first-order valence-electron chi connectivity index (χ1n) is 6.80. The van der Waals surface area contributed by atoms with Gasteiger partial charge in [0, 0.05) is 30.3 Å². The summed E-state index contributed by atoms with van der Waals surface area (Å²) in [5, 5.41) is 9.59. The maximum Gasteiger partial charge on any atom is 0.248 e. The average molecular weight is 389 g/mol. The molecule has 0 fully saturated rings. The van der Waals surface area contributed by atoms with Gasteiger partial charge in [-0.3, -0.25) is 4.79 Å². The van der Waals surface area contributed by atoms with E-state index in [1.165, 1.54) is 7.11 Å². The predicted octanol–water partition coefficient (Wildman–Crippen LogP) is 2.43. The molecule has 3 heterocycles. The van der Waals surface area contributed by atoms with Crippen molar-refractivity contribution >= 4 is 44.5 Å². The number of ether oxygens (including phenoxy) is 1. The van der Waals surface area contributed by atoms with Crippen LogP contribution in [0.1, 0.15) is 24.1 Å². The van der Waals surface area contributed by atoms with Crippen molar-refractivity contribution in [2.24, 2.45) is 0 Å². The van der Waals surface area contributed by atoms with E-state index in [0.29, 0.717) is 34.0 Å². The van der Waals surface area contributed by atoms with Crippen LogP contribution in [-0.2, 0) is 11.3 Å². The second-order valence-electron chi connectivity index (χ2n) is 5.32. The van der Waals surface area contributed by atoms with Crippen molar-refractivity contribution in [2.45, 2.75) is 19.4 Å². The van der Waals surface area contributed by atoms with Crippen molar-refractivity contribution < 1.29 is 14.6 Å². The molecule has 1 amide bonds. The van der Waals surface area contributed by atoms with Gasteiger partial charge in [-0.15, -0.1) is 0 Å². The van der Waals surface area contributed by atoms with Gasteiger partial charge in [0.2, 0.25) is 11.8 Å². The monoisotopic (exact) mass is 387 g/mol. The fourth-order valence-electron chi connectivity index (χ4n) is 2.87. The van der Waals surface area contributed by atoms with Crippen LogP contribution in [0.3, 0.4) is 0 Å². The van der Waals surface area contributed by atoms with Gasteiger partial charge in [0.15, 0.2) is 0 Å². The van der Waals surface area contributed by atoms with Crippen LogP contribution >= 0.6 is 27.5 Å². The lowest BCUT2D eigenvalue weighted by atomic mass is 9.98. The molecule has 1 aliphatic heterocycles. The number of amides is 1. The maximum atomic E-state index is 11.8. The smallest absolute Gasteiger partial charge is 0.248 e. The van der Waals surface area contributed by atoms with E-state index in [4.69, 9.17) is 21.4 Å². The summed E-state index contributed by atoms with van der Waals surface area (Å²) >= 11 is 9.76. The van der Waals surface area contributed by atoms with Gasteiger partial charge in [-0.1, -0.05) is 18.5 Å². The van der Waals surface area contributed by atoms with E-state index in [1.54, 1.807) is 4.90 Å². The van der Waals surface area contributed by atoms with Gasteiger partial charge in [-0.25, -0.2) is 4.98 Å². The van der Waals surface area contributed by atoms with Gasteiger partial charge in [0.05, 0.1) is 23.2 Å². The first-order chi connectivity index (χ1) is 10.5. The molecule has 1 unspecified atom stereocenters. The molecule has 3 rings (SSSR count). The third-order valence-corrected chi connectivity index (χ3v) is 5.28. The Hall–Kier alpha value is -1.31. The van der Waals surface area contributed by atoms with Crippen molar-refractivity contribution in [3.63, 3.8) is 0 Å². The summed E-state index contributed by atoms with van der Waals surface area (Å²) in [6.07, 6.45) is 0. The second kappa shape index (κ2) is 5.72. The average Bonchev–Trinajstić information content (AvgIpc) is 2.89. The van der Waals surface area contributed by atoms with Gasteiger partial charge in [-0.2, -0.15) is 0 Å². The van der Waals surface area contributed by atoms with Crippen molar-refractivity contribution in [1.82, 2.24) is 14.9 Å². The lowest BCUT2D eigenvalue weighted by Gasteiger charge is -2.30. The van der Waals surface area contributed by atoms with Crippen molar-refractivity contribution in [2.75, 3.05) is 20.3 Å². The highest BCUT2D eigenvalue weighted by Gasteiger charge is 2.30. The Labute approximate surface area is 140 Å². The highest BCUT2D eigenvalue weighted by atomic mass is 79.9. The van der Waals surface area contributed by atoms with E-state index in [-0.39, 0.29) is 11.8 Å². The summed E-state index contributed by atoms with van der Waals surface area (Å²) in [4.78, 5) is 21.3. The number of hydrogen-bond donors (Lipinski definition) is 2. The molecule has 6 nitrogen and oxygen atoms in total.